The SMILES string of the molecule is [Ni].[Re].[Rh].[Ru]. The van der Waals surface area contributed by atoms with Crippen molar-refractivity contribution in [2.45, 2.75) is 0 Å². The van der Waals surface area contributed by atoms with Crippen molar-refractivity contribution < 1.29 is 75.9 Å². The minimum Gasteiger partial charge on any atom is 0 e. The zero-order chi connectivity index (χ0) is 0. The fraction of sp³-hybridized carbons (Fsp3) is 0. The Hall–Kier alpha value is 2.40. The quantitative estimate of drug-likeness (QED) is 0.457. The van der Waals surface area contributed by atoms with Gasteiger partial charge in [0.15, 0.2) is 0 Å². The first-order valence-electron chi connectivity index (χ1n) is 0. The van der Waals surface area contributed by atoms with Crippen LogP contribution in [-0.4, -0.2) is 0 Å². The van der Waals surface area contributed by atoms with Crippen LogP contribution >= 0.6 is 0 Å². The van der Waals surface area contributed by atoms with Gasteiger partial charge in [-0.2, -0.15) is 0 Å². The van der Waals surface area contributed by atoms with Crippen LogP contribution in [0.15, 0.2) is 0 Å². The fourth-order valence-electron chi connectivity index (χ4n) is 0. The van der Waals surface area contributed by atoms with E-state index in [1.54, 1.807) is 0 Å². The third-order valence-electron chi connectivity index (χ3n) is 0. The van der Waals surface area contributed by atoms with E-state index < -0.39 is 0 Å². The van der Waals surface area contributed by atoms with Crippen LogP contribution in [0.5, 0.6) is 0 Å². The Morgan fingerprint density at radius 1 is 1.00 bits per heavy atom. The Morgan fingerprint density at radius 2 is 1.00 bits per heavy atom. The van der Waals surface area contributed by atoms with E-state index in [0.717, 1.165) is 0 Å². The van der Waals surface area contributed by atoms with Crippen LogP contribution in [-0.2, 0) is 75.9 Å². The average molecular weight is 449 g/mol. The van der Waals surface area contributed by atoms with E-state index in [1.165, 1.54) is 0 Å². The maximum absolute atomic E-state index is 0. The summed E-state index contributed by atoms with van der Waals surface area (Å²) < 4.78 is 0. The molecule has 0 N–H and O–H groups in total. The van der Waals surface area contributed by atoms with Crippen molar-refractivity contribution in [3.05, 3.63) is 0 Å². The van der Waals surface area contributed by atoms with Gasteiger partial charge < -0.3 is 0 Å². The van der Waals surface area contributed by atoms with E-state index in [9.17, 15) is 0 Å². The average Bonchev–Trinajstić information content (AvgIpc) is 0. The molecule has 0 aliphatic carbocycles. The van der Waals surface area contributed by atoms with E-state index in [4.69, 9.17) is 0 Å². The van der Waals surface area contributed by atoms with Crippen LogP contribution < -0.4 is 0 Å². The molecule has 0 atom stereocenters. The molecule has 4 heteroatoms. The van der Waals surface area contributed by atoms with Crippen molar-refractivity contribution in [1.82, 2.24) is 0 Å². The Labute approximate surface area is 75.0 Å². The molecule has 0 saturated carbocycles. The van der Waals surface area contributed by atoms with E-state index in [0.29, 0.717) is 0 Å². The van der Waals surface area contributed by atoms with Crippen molar-refractivity contribution in [2.75, 3.05) is 0 Å². The summed E-state index contributed by atoms with van der Waals surface area (Å²) in [6.07, 6.45) is 0. The molecule has 0 aromatic carbocycles. The Morgan fingerprint density at radius 3 is 1.00 bits per heavy atom. The summed E-state index contributed by atoms with van der Waals surface area (Å²) >= 11 is 0. The van der Waals surface area contributed by atoms with Gasteiger partial charge in [0.05, 0.1) is 0 Å². The third kappa shape index (κ3) is 8.83. The number of hydrogen-bond donors (Lipinski definition) is 0. The van der Waals surface area contributed by atoms with Gasteiger partial charge in [0.25, 0.3) is 0 Å². The number of rotatable bonds is 0. The van der Waals surface area contributed by atoms with E-state index in [2.05, 4.69) is 0 Å². The van der Waals surface area contributed by atoms with Crippen molar-refractivity contribution in [3.8, 4) is 0 Å². The summed E-state index contributed by atoms with van der Waals surface area (Å²) in [5, 5.41) is 0. The smallest absolute Gasteiger partial charge is 0 e. The fourth-order valence-corrected chi connectivity index (χ4v) is 0. The molecule has 0 spiro atoms. The minimum absolute atomic E-state index is 0. The third-order valence-corrected chi connectivity index (χ3v) is 0. The van der Waals surface area contributed by atoms with Crippen LogP contribution in [0.25, 0.3) is 0 Å². The van der Waals surface area contributed by atoms with Crippen molar-refractivity contribution in [3.63, 3.8) is 0 Å². The molecule has 0 aliphatic rings. The monoisotopic (exact) mass is 450 g/mol. The van der Waals surface area contributed by atoms with Gasteiger partial charge in [-0.15, -0.1) is 0 Å². The molecule has 0 nitrogen and oxygen atoms in total. The number of hydrogen-bond acceptors (Lipinski definition) is 0. The molecule has 0 aromatic heterocycles. The Balaban J connectivity index is 0. The summed E-state index contributed by atoms with van der Waals surface area (Å²) in [7, 11) is 0. The minimum atomic E-state index is 0. The Bertz CT molecular complexity index is 8.00. The molecule has 0 rings (SSSR count). The Kier molecular flexibility index (Phi) is 147. The second kappa shape index (κ2) is 18.1. The molecule has 0 bridgehead atoms. The topological polar surface area (TPSA) is 0 Å². The van der Waals surface area contributed by atoms with Crippen LogP contribution in [0.4, 0.5) is 0 Å². The molecule has 0 aliphatic heterocycles. The van der Waals surface area contributed by atoms with Gasteiger partial charge in [-0.25, -0.2) is 0 Å². The van der Waals surface area contributed by atoms with E-state index in [1.807, 2.05) is 0 Å². The first kappa shape index (κ1) is 32.4. The molecule has 34 valence electrons. The predicted molar refractivity (Wildman–Crippen MR) is 0 cm³/mol. The second-order valence-corrected chi connectivity index (χ2v) is 0. The summed E-state index contributed by atoms with van der Waals surface area (Å²) in [6, 6.07) is 0. The first-order chi connectivity index (χ1) is 0. The van der Waals surface area contributed by atoms with Crippen LogP contribution in [0.3, 0.4) is 0 Å². The maximum atomic E-state index is 0. The van der Waals surface area contributed by atoms with Gasteiger partial charge in [-0.05, 0) is 0 Å². The zero-order valence-electron chi connectivity index (χ0n) is 1.38. The first-order valence-corrected chi connectivity index (χ1v) is 0. The molecular weight excluding hydrogens is 449 g/mol. The maximum Gasteiger partial charge on any atom is 0 e. The van der Waals surface area contributed by atoms with Crippen LogP contribution in [0, 0.1) is 0 Å². The molecule has 0 heterocycles. The van der Waals surface area contributed by atoms with Gasteiger partial charge in [0.1, 0.15) is 0 Å². The van der Waals surface area contributed by atoms with Gasteiger partial charge in [-0.3, -0.25) is 0 Å². The van der Waals surface area contributed by atoms with E-state index >= 15 is 0 Å². The zero-order valence-corrected chi connectivity index (χ0v) is 8.46. The van der Waals surface area contributed by atoms with Gasteiger partial charge >= 0.3 is 0 Å². The van der Waals surface area contributed by atoms with Gasteiger partial charge in [0.2, 0.25) is 0 Å². The van der Waals surface area contributed by atoms with Crippen molar-refractivity contribution >= 4 is 0 Å². The molecular formula is NiReRhRu. The summed E-state index contributed by atoms with van der Waals surface area (Å²) in [5.41, 5.74) is 0. The molecule has 0 aromatic rings. The van der Waals surface area contributed by atoms with Gasteiger partial charge in [-0.1, -0.05) is 0 Å². The molecule has 4 heavy (non-hydrogen) atoms. The molecule has 0 unspecified atom stereocenters. The summed E-state index contributed by atoms with van der Waals surface area (Å²) in [6.45, 7) is 0. The molecule has 0 fully saturated rings. The second-order valence-electron chi connectivity index (χ2n) is 0. The van der Waals surface area contributed by atoms with Gasteiger partial charge in [0, 0.05) is 75.9 Å². The summed E-state index contributed by atoms with van der Waals surface area (Å²) in [5.74, 6) is 0. The van der Waals surface area contributed by atoms with Crippen LogP contribution in [0.1, 0.15) is 0 Å². The largest absolute Gasteiger partial charge is 0 e. The standard InChI is InChI=1S/Ni.Re.Rh.Ru. The molecule has 0 amide bonds. The predicted octanol–water partition coefficient (Wildman–Crippen LogP) is -0.0100. The van der Waals surface area contributed by atoms with Crippen LogP contribution in [0.2, 0.25) is 0 Å². The summed E-state index contributed by atoms with van der Waals surface area (Å²) in [4.78, 5) is 0. The van der Waals surface area contributed by atoms with E-state index in [-0.39, 0.29) is 75.9 Å². The normalized spacial score (nSPS) is 0. The molecule has 0 saturated heterocycles. The van der Waals surface area contributed by atoms with Crippen molar-refractivity contribution in [1.29, 1.82) is 0 Å². The van der Waals surface area contributed by atoms with Crippen molar-refractivity contribution in [2.24, 2.45) is 0 Å². The molecule has 2 radical (unpaired) electrons.